The number of hydrogen-bond donors (Lipinski definition) is 1. The number of hydrogen-bond acceptors (Lipinski definition) is 4. The third kappa shape index (κ3) is 6.10. The molecule has 36 heavy (non-hydrogen) atoms. The third-order valence-corrected chi connectivity index (χ3v) is 7.06. The van der Waals surface area contributed by atoms with E-state index in [2.05, 4.69) is 31.3 Å². The Balaban J connectivity index is 1.35. The van der Waals surface area contributed by atoms with Crippen LogP contribution < -0.4 is 15.9 Å². The van der Waals surface area contributed by atoms with Gasteiger partial charge in [0.15, 0.2) is 0 Å². The second-order valence-corrected chi connectivity index (χ2v) is 10.3. The minimum atomic E-state index is -0.348. The van der Waals surface area contributed by atoms with Crippen LogP contribution in [0.3, 0.4) is 0 Å². The first-order chi connectivity index (χ1) is 17.3. The van der Waals surface area contributed by atoms with E-state index in [1.807, 2.05) is 61.5 Å². The molecule has 0 fully saturated rings. The Morgan fingerprint density at radius 2 is 1.44 bits per heavy atom. The van der Waals surface area contributed by atoms with Crippen LogP contribution in [0.4, 0.5) is 0 Å². The summed E-state index contributed by atoms with van der Waals surface area (Å²) in [6, 6.07) is 25.0. The van der Waals surface area contributed by atoms with Gasteiger partial charge in [-0.05, 0) is 53.6 Å². The fourth-order valence-electron chi connectivity index (χ4n) is 4.07. The van der Waals surface area contributed by atoms with Crippen molar-refractivity contribution in [2.24, 2.45) is 5.92 Å². The van der Waals surface area contributed by atoms with Gasteiger partial charge in [0.1, 0.15) is 0 Å². The minimum Gasteiger partial charge on any atom is -0.352 e. The van der Waals surface area contributed by atoms with Gasteiger partial charge in [0.05, 0.1) is 18.2 Å². The zero-order chi connectivity index (χ0) is 25.7. The summed E-state index contributed by atoms with van der Waals surface area (Å²) in [4.78, 5) is 37.6. The molecular weight excluding hydrogens is 470 g/mol. The van der Waals surface area contributed by atoms with Gasteiger partial charge in [-0.15, -0.1) is 0 Å². The maximum atomic E-state index is 12.8. The molecule has 4 aromatic rings. The van der Waals surface area contributed by atoms with Crippen molar-refractivity contribution in [2.75, 3.05) is 0 Å². The summed E-state index contributed by atoms with van der Waals surface area (Å²) in [6.07, 6.45) is 1.03. The zero-order valence-corrected chi connectivity index (χ0v) is 21.6. The average Bonchev–Trinajstić information content (AvgIpc) is 3.16. The number of benzene rings is 3. The van der Waals surface area contributed by atoms with Crippen LogP contribution in [0.1, 0.15) is 48.9 Å². The largest absolute Gasteiger partial charge is 0.352 e. The molecule has 186 valence electrons. The molecule has 0 spiro atoms. The summed E-state index contributed by atoms with van der Waals surface area (Å²) < 4.78 is 2.65. The SMILES string of the molecule is CC(C)Cc1ccc(C(C)C(=O)NCc2ccc(Cn3c(=O)sn(-c4ccccc4)c3=O)cc2)cc1. The van der Waals surface area contributed by atoms with E-state index in [4.69, 9.17) is 0 Å². The molecule has 6 nitrogen and oxygen atoms in total. The van der Waals surface area contributed by atoms with Crippen LogP contribution in [-0.2, 0) is 24.3 Å². The summed E-state index contributed by atoms with van der Waals surface area (Å²) in [7, 11) is 0. The molecular formula is C29H31N3O3S. The maximum absolute atomic E-state index is 12.8. The molecule has 4 rings (SSSR count). The van der Waals surface area contributed by atoms with Crippen molar-refractivity contribution in [1.82, 2.24) is 13.8 Å². The Hall–Kier alpha value is -3.71. The highest BCUT2D eigenvalue weighted by molar-refractivity contribution is 7.03. The monoisotopic (exact) mass is 501 g/mol. The van der Waals surface area contributed by atoms with Gasteiger partial charge in [0.2, 0.25) is 5.91 Å². The van der Waals surface area contributed by atoms with Crippen LogP contribution in [0.5, 0.6) is 0 Å². The number of amides is 1. The summed E-state index contributed by atoms with van der Waals surface area (Å²) in [6.45, 7) is 6.91. The molecule has 1 N–H and O–H groups in total. The molecule has 0 aliphatic rings. The quantitative estimate of drug-likeness (QED) is 0.360. The Morgan fingerprint density at radius 1 is 0.833 bits per heavy atom. The molecule has 1 amide bonds. The third-order valence-electron chi connectivity index (χ3n) is 6.13. The first kappa shape index (κ1) is 25.4. The average molecular weight is 502 g/mol. The first-order valence-corrected chi connectivity index (χ1v) is 12.9. The molecule has 0 bridgehead atoms. The van der Waals surface area contributed by atoms with Crippen molar-refractivity contribution in [1.29, 1.82) is 0 Å². The lowest BCUT2D eigenvalue weighted by molar-refractivity contribution is -0.122. The number of para-hydroxylation sites is 1. The standard InChI is InChI=1S/C29H31N3O3S/c1-20(2)17-22-13-15-25(16-14-22)21(3)27(33)30-18-23-9-11-24(12-10-23)19-31-28(34)32(36-29(31)35)26-7-5-4-6-8-26/h4-16,20-21H,17-19H2,1-3H3,(H,30,33). The van der Waals surface area contributed by atoms with Crippen LogP contribution in [0.2, 0.25) is 0 Å². The second kappa shape index (κ2) is 11.4. The summed E-state index contributed by atoms with van der Waals surface area (Å²) in [5, 5.41) is 3.01. The van der Waals surface area contributed by atoms with Crippen molar-refractivity contribution in [3.05, 3.63) is 121 Å². The lowest BCUT2D eigenvalue weighted by Crippen LogP contribution is -2.29. The predicted octanol–water partition coefficient (Wildman–Crippen LogP) is 4.73. The van der Waals surface area contributed by atoms with E-state index >= 15 is 0 Å². The van der Waals surface area contributed by atoms with Crippen molar-refractivity contribution in [3.8, 4) is 5.69 Å². The van der Waals surface area contributed by atoms with Gasteiger partial charge in [-0.25, -0.2) is 13.3 Å². The molecule has 1 atom stereocenters. The molecule has 1 heterocycles. The normalized spacial score (nSPS) is 12.0. The number of carbonyl (C=O) groups excluding carboxylic acids is 1. The van der Waals surface area contributed by atoms with Crippen LogP contribution >= 0.6 is 11.5 Å². The number of aromatic nitrogens is 2. The van der Waals surface area contributed by atoms with E-state index in [0.717, 1.165) is 34.6 Å². The highest BCUT2D eigenvalue weighted by atomic mass is 32.1. The van der Waals surface area contributed by atoms with Crippen LogP contribution in [-0.4, -0.2) is 14.4 Å². The van der Waals surface area contributed by atoms with E-state index in [9.17, 15) is 14.4 Å². The van der Waals surface area contributed by atoms with E-state index < -0.39 is 0 Å². The van der Waals surface area contributed by atoms with E-state index in [1.54, 1.807) is 12.1 Å². The van der Waals surface area contributed by atoms with Gasteiger partial charge >= 0.3 is 10.6 Å². The number of nitrogens with zero attached hydrogens (tertiary/aromatic N) is 2. The number of nitrogens with one attached hydrogen (secondary N) is 1. The highest BCUT2D eigenvalue weighted by Gasteiger charge is 2.15. The second-order valence-electron chi connectivity index (χ2n) is 9.45. The Labute approximate surface area is 215 Å². The lowest BCUT2D eigenvalue weighted by atomic mass is 9.96. The zero-order valence-electron chi connectivity index (χ0n) is 20.8. The molecule has 0 aliphatic heterocycles. The summed E-state index contributed by atoms with van der Waals surface area (Å²) in [5.41, 5.74) is 4.40. The van der Waals surface area contributed by atoms with Crippen molar-refractivity contribution in [2.45, 2.75) is 46.2 Å². The minimum absolute atomic E-state index is 0.0259. The van der Waals surface area contributed by atoms with E-state index in [1.165, 1.54) is 14.1 Å². The van der Waals surface area contributed by atoms with Crippen LogP contribution in [0.25, 0.3) is 5.69 Å². The van der Waals surface area contributed by atoms with Crippen LogP contribution in [0.15, 0.2) is 88.5 Å². The van der Waals surface area contributed by atoms with Gasteiger partial charge in [0, 0.05) is 18.1 Å². The topological polar surface area (TPSA) is 73.1 Å². The smallest absolute Gasteiger partial charge is 0.346 e. The van der Waals surface area contributed by atoms with Gasteiger partial charge in [-0.2, -0.15) is 0 Å². The van der Waals surface area contributed by atoms with E-state index in [0.29, 0.717) is 18.2 Å². The highest BCUT2D eigenvalue weighted by Crippen LogP contribution is 2.18. The molecule has 7 heteroatoms. The fourth-order valence-corrected chi connectivity index (χ4v) is 4.87. The molecule has 0 radical (unpaired) electrons. The predicted molar refractivity (Wildman–Crippen MR) is 145 cm³/mol. The molecule has 1 unspecified atom stereocenters. The molecule has 1 aromatic heterocycles. The van der Waals surface area contributed by atoms with Crippen molar-refractivity contribution in [3.63, 3.8) is 0 Å². The Morgan fingerprint density at radius 3 is 2.08 bits per heavy atom. The van der Waals surface area contributed by atoms with Crippen molar-refractivity contribution >= 4 is 17.4 Å². The fraction of sp³-hybridized carbons (Fsp3) is 0.276. The lowest BCUT2D eigenvalue weighted by Gasteiger charge is -2.14. The van der Waals surface area contributed by atoms with Gasteiger partial charge in [0.25, 0.3) is 0 Å². The molecule has 0 saturated heterocycles. The Kier molecular flexibility index (Phi) is 8.00. The summed E-state index contributed by atoms with van der Waals surface area (Å²) in [5.74, 6) is 0.332. The van der Waals surface area contributed by atoms with Gasteiger partial charge < -0.3 is 5.32 Å². The van der Waals surface area contributed by atoms with Gasteiger partial charge in [-0.3, -0.25) is 9.59 Å². The molecule has 0 saturated carbocycles. The first-order valence-electron chi connectivity index (χ1n) is 12.1. The maximum Gasteiger partial charge on any atom is 0.346 e. The van der Waals surface area contributed by atoms with Crippen LogP contribution in [0, 0.1) is 5.92 Å². The number of carbonyl (C=O) groups is 1. The molecule has 0 aliphatic carbocycles. The molecule has 3 aromatic carbocycles. The summed E-state index contributed by atoms with van der Waals surface area (Å²) >= 11 is 0.896. The Bertz CT molecular complexity index is 1420. The van der Waals surface area contributed by atoms with Gasteiger partial charge in [-0.1, -0.05) is 80.6 Å². The number of rotatable bonds is 9. The van der Waals surface area contributed by atoms with Crippen molar-refractivity contribution < 1.29 is 4.79 Å². The van der Waals surface area contributed by atoms with E-state index in [-0.39, 0.29) is 28.9 Å².